The molecule has 2 atom stereocenters. The number of anilines is 1. The van der Waals surface area contributed by atoms with E-state index in [0.717, 1.165) is 12.0 Å². The second-order valence-electron chi connectivity index (χ2n) is 4.51. The summed E-state index contributed by atoms with van der Waals surface area (Å²) >= 11 is 0. The minimum atomic E-state index is -0.126. The summed E-state index contributed by atoms with van der Waals surface area (Å²) in [4.78, 5) is 2.40. The molecule has 0 spiro atoms. The maximum absolute atomic E-state index is 13.1. The van der Waals surface area contributed by atoms with E-state index >= 15 is 0 Å². The van der Waals surface area contributed by atoms with Crippen molar-refractivity contribution in [2.45, 2.75) is 31.3 Å². The largest absolute Gasteiger partial charge is 0.364 e. The smallest absolute Gasteiger partial charge is 0.123 e. The van der Waals surface area contributed by atoms with E-state index in [2.05, 4.69) is 4.90 Å². The SMILES string of the molecule is NCC1CCC2Cc3cc(F)ccc3N12. The molecule has 1 saturated heterocycles. The normalized spacial score (nSPS) is 28.0. The van der Waals surface area contributed by atoms with Crippen LogP contribution >= 0.6 is 0 Å². The molecule has 80 valence electrons. The fraction of sp³-hybridized carbons (Fsp3) is 0.500. The monoisotopic (exact) mass is 206 g/mol. The summed E-state index contributed by atoms with van der Waals surface area (Å²) in [5.74, 6) is -0.126. The van der Waals surface area contributed by atoms with Crippen molar-refractivity contribution in [3.63, 3.8) is 0 Å². The Kier molecular flexibility index (Phi) is 1.96. The third-order valence-electron chi connectivity index (χ3n) is 3.67. The standard InChI is InChI=1S/C12H15FN2/c13-9-1-4-12-8(5-9)6-10-2-3-11(7-14)15(10)12/h1,4-5,10-11H,2-3,6-7,14H2. The Labute approximate surface area is 88.9 Å². The predicted molar refractivity (Wildman–Crippen MR) is 58.4 cm³/mol. The maximum Gasteiger partial charge on any atom is 0.123 e. The van der Waals surface area contributed by atoms with E-state index in [9.17, 15) is 4.39 Å². The lowest BCUT2D eigenvalue weighted by atomic mass is 10.1. The summed E-state index contributed by atoms with van der Waals surface area (Å²) in [6.07, 6.45) is 3.36. The molecule has 2 nitrogen and oxygen atoms in total. The molecule has 1 aromatic carbocycles. The van der Waals surface area contributed by atoms with Crippen LogP contribution in [0.3, 0.4) is 0 Å². The molecule has 1 aromatic rings. The van der Waals surface area contributed by atoms with E-state index in [4.69, 9.17) is 5.73 Å². The fourth-order valence-electron chi connectivity index (χ4n) is 3.01. The van der Waals surface area contributed by atoms with Gasteiger partial charge in [0.2, 0.25) is 0 Å². The summed E-state index contributed by atoms with van der Waals surface area (Å²) in [5, 5.41) is 0. The number of rotatable bonds is 1. The highest BCUT2D eigenvalue weighted by molar-refractivity contribution is 5.61. The zero-order valence-electron chi connectivity index (χ0n) is 8.62. The lowest BCUT2D eigenvalue weighted by Gasteiger charge is -2.26. The summed E-state index contributed by atoms with van der Waals surface area (Å²) in [5.41, 5.74) is 8.12. The van der Waals surface area contributed by atoms with Crippen molar-refractivity contribution in [3.05, 3.63) is 29.6 Å². The van der Waals surface area contributed by atoms with Crippen molar-refractivity contribution in [1.82, 2.24) is 0 Å². The van der Waals surface area contributed by atoms with Crippen LogP contribution in [-0.4, -0.2) is 18.6 Å². The molecule has 3 rings (SSSR count). The Bertz CT molecular complexity index is 391. The van der Waals surface area contributed by atoms with Gasteiger partial charge >= 0.3 is 0 Å². The molecular formula is C12H15FN2. The minimum Gasteiger partial charge on any atom is -0.364 e. The van der Waals surface area contributed by atoms with Gasteiger partial charge in [-0.2, -0.15) is 0 Å². The molecule has 0 radical (unpaired) electrons. The molecule has 0 aromatic heterocycles. The van der Waals surface area contributed by atoms with Crippen LogP contribution in [0.1, 0.15) is 18.4 Å². The Morgan fingerprint density at radius 1 is 1.40 bits per heavy atom. The van der Waals surface area contributed by atoms with Crippen LogP contribution in [0.2, 0.25) is 0 Å². The van der Waals surface area contributed by atoms with Gasteiger partial charge in [-0.05, 0) is 43.0 Å². The molecule has 2 aliphatic rings. The number of hydrogen-bond acceptors (Lipinski definition) is 2. The number of nitrogens with two attached hydrogens (primary N) is 1. The Morgan fingerprint density at radius 3 is 3.07 bits per heavy atom. The summed E-state index contributed by atoms with van der Waals surface area (Å²) in [6.45, 7) is 0.702. The van der Waals surface area contributed by atoms with Crippen LogP contribution in [0.25, 0.3) is 0 Å². The summed E-state index contributed by atoms with van der Waals surface area (Å²) < 4.78 is 13.1. The lowest BCUT2D eigenvalue weighted by Crippen LogP contribution is -2.37. The molecule has 0 saturated carbocycles. The number of halogens is 1. The highest BCUT2D eigenvalue weighted by Gasteiger charge is 2.38. The van der Waals surface area contributed by atoms with E-state index in [1.165, 1.54) is 18.5 Å². The molecule has 2 unspecified atom stereocenters. The van der Waals surface area contributed by atoms with Gasteiger partial charge in [0, 0.05) is 24.3 Å². The second-order valence-corrected chi connectivity index (χ2v) is 4.51. The first-order valence-electron chi connectivity index (χ1n) is 5.56. The zero-order valence-corrected chi connectivity index (χ0v) is 8.62. The molecule has 2 N–H and O–H groups in total. The van der Waals surface area contributed by atoms with Crippen LogP contribution in [0.15, 0.2) is 18.2 Å². The molecule has 0 bridgehead atoms. The van der Waals surface area contributed by atoms with E-state index in [-0.39, 0.29) is 5.82 Å². The van der Waals surface area contributed by atoms with Gasteiger partial charge in [0.1, 0.15) is 5.82 Å². The second kappa shape index (κ2) is 3.20. The third kappa shape index (κ3) is 1.26. The van der Waals surface area contributed by atoms with Crippen LogP contribution in [-0.2, 0) is 6.42 Å². The molecule has 15 heavy (non-hydrogen) atoms. The van der Waals surface area contributed by atoms with Crippen molar-refractivity contribution >= 4 is 5.69 Å². The number of nitrogens with zero attached hydrogens (tertiary/aromatic N) is 1. The topological polar surface area (TPSA) is 29.3 Å². The molecule has 2 heterocycles. The molecule has 1 fully saturated rings. The Morgan fingerprint density at radius 2 is 2.27 bits per heavy atom. The molecule has 0 amide bonds. The van der Waals surface area contributed by atoms with E-state index in [0.29, 0.717) is 18.6 Å². The third-order valence-corrected chi connectivity index (χ3v) is 3.67. The molecule has 3 heteroatoms. The minimum absolute atomic E-state index is 0.126. The van der Waals surface area contributed by atoms with E-state index in [1.807, 2.05) is 6.07 Å². The maximum atomic E-state index is 13.1. The van der Waals surface area contributed by atoms with Gasteiger partial charge in [-0.15, -0.1) is 0 Å². The van der Waals surface area contributed by atoms with Gasteiger partial charge in [-0.25, -0.2) is 4.39 Å². The highest BCUT2D eigenvalue weighted by Crippen LogP contribution is 2.40. The van der Waals surface area contributed by atoms with Crippen LogP contribution in [0, 0.1) is 5.82 Å². The molecule has 2 aliphatic heterocycles. The van der Waals surface area contributed by atoms with Crippen LogP contribution in [0.5, 0.6) is 0 Å². The number of hydrogen-bond donors (Lipinski definition) is 1. The van der Waals surface area contributed by atoms with Crippen LogP contribution < -0.4 is 10.6 Å². The lowest BCUT2D eigenvalue weighted by molar-refractivity contribution is 0.625. The van der Waals surface area contributed by atoms with Gasteiger partial charge < -0.3 is 10.6 Å². The first-order chi connectivity index (χ1) is 7.29. The van der Waals surface area contributed by atoms with Gasteiger partial charge in [0.15, 0.2) is 0 Å². The summed E-state index contributed by atoms with van der Waals surface area (Å²) in [7, 11) is 0. The van der Waals surface area contributed by atoms with Crippen molar-refractivity contribution in [3.8, 4) is 0 Å². The number of benzene rings is 1. The quantitative estimate of drug-likeness (QED) is 0.757. The van der Waals surface area contributed by atoms with Crippen molar-refractivity contribution < 1.29 is 4.39 Å². The average Bonchev–Trinajstić information content (AvgIpc) is 2.74. The van der Waals surface area contributed by atoms with Crippen molar-refractivity contribution in [1.29, 1.82) is 0 Å². The first kappa shape index (κ1) is 9.16. The summed E-state index contributed by atoms with van der Waals surface area (Å²) in [6, 6.07) is 6.14. The zero-order chi connectivity index (χ0) is 10.4. The van der Waals surface area contributed by atoms with Gasteiger partial charge in [0.05, 0.1) is 0 Å². The molecule has 0 aliphatic carbocycles. The van der Waals surface area contributed by atoms with Gasteiger partial charge in [-0.3, -0.25) is 0 Å². The molecular weight excluding hydrogens is 191 g/mol. The fourth-order valence-corrected chi connectivity index (χ4v) is 3.01. The first-order valence-corrected chi connectivity index (χ1v) is 5.56. The van der Waals surface area contributed by atoms with E-state index < -0.39 is 0 Å². The average molecular weight is 206 g/mol. The Balaban J connectivity index is 2.02. The predicted octanol–water partition coefficient (Wildman–Crippen LogP) is 1.68. The van der Waals surface area contributed by atoms with Crippen LogP contribution in [0.4, 0.5) is 10.1 Å². The van der Waals surface area contributed by atoms with Crippen molar-refractivity contribution in [2.75, 3.05) is 11.4 Å². The van der Waals surface area contributed by atoms with Gasteiger partial charge in [-0.1, -0.05) is 0 Å². The Hall–Kier alpha value is -1.09. The number of fused-ring (bicyclic) bond motifs is 3. The van der Waals surface area contributed by atoms with Gasteiger partial charge in [0.25, 0.3) is 0 Å². The van der Waals surface area contributed by atoms with Crippen molar-refractivity contribution in [2.24, 2.45) is 5.73 Å². The van der Waals surface area contributed by atoms with E-state index in [1.54, 1.807) is 12.1 Å². The highest BCUT2D eigenvalue weighted by atomic mass is 19.1.